The van der Waals surface area contributed by atoms with Crippen molar-refractivity contribution >= 4 is 29.7 Å². The zero-order valence-electron chi connectivity index (χ0n) is 9.79. The largest absolute Gasteiger partial charge is 0.481 e. The van der Waals surface area contributed by atoms with E-state index >= 15 is 0 Å². The zero-order chi connectivity index (χ0) is 12.3. The van der Waals surface area contributed by atoms with Crippen LogP contribution in [0.1, 0.15) is 18.3 Å². The standard InChI is InChI=1S/C12H12N2O2S.ClH/c1-2-9-5-8(3-4-13-9)12-14-10(7-17-12)6-11(15)16;/h3-5,7H,2,6H2,1H3,(H,15,16);1H. The lowest BCUT2D eigenvalue weighted by atomic mass is 10.2. The summed E-state index contributed by atoms with van der Waals surface area (Å²) in [5.74, 6) is -0.856. The summed E-state index contributed by atoms with van der Waals surface area (Å²) >= 11 is 1.46. The van der Waals surface area contributed by atoms with Crippen LogP contribution in [0.15, 0.2) is 23.7 Å². The van der Waals surface area contributed by atoms with E-state index in [1.54, 1.807) is 11.6 Å². The van der Waals surface area contributed by atoms with E-state index in [-0.39, 0.29) is 18.8 Å². The van der Waals surface area contributed by atoms with Crippen LogP contribution in [0, 0.1) is 0 Å². The minimum atomic E-state index is -0.856. The van der Waals surface area contributed by atoms with E-state index in [4.69, 9.17) is 5.11 Å². The number of pyridine rings is 1. The first-order valence-corrected chi connectivity index (χ1v) is 6.18. The molecule has 6 heteroatoms. The van der Waals surface area contributed by atoms with Crippen LogP contribution in [0.3, 0.4) is 0 Å². The van der Waals surface area contributed by atoms with Crippen LogP contribution in [-0.4, -0.2) is 21.0 Å². The lowest BCUT2D eigenvalue weighted by Crippen LogP contribution is -1.99. The number of aryl methyl sites for hydroxylation is 1. The van der Waals surface area contributed by atoms with Crippen molar-refractivity contribution in [1.29, 1.82) is 0 Å². The number of hydrogen-bond donors (Lipinski definition) is 1. The molecule has 0 aliphatic rings. The average molecular weight is 285 g/mol. The van der Waals surface area contributed by atoms with E-state index in [0.717, 1.165) is 22.7 Å². The summed E-state index contributed by atoms with van der Waals surface area (Å²) in [4.78, 5) is 19.1. The first-order valence-electron chi connectivity index (χ1n) is 5.30. The predicted octanol–water partition coefficient (Wildman–Crippen LogP) is 2.82. The highest BCUT2D eigenvalue weighted by atomic mass is 35.5. The molecule has 0 radical (unpaired) electrons. The zero-order valence-corrected chi connectivity index (χ0v) is 11.4. The summed E-state index contributed by atoms with van der Waals surface area (Å²) in [5, 5.41) is 11.3. The fourth-order valence-electron chi connectivity index (χ4n) is 1.48. The van der Waals surface area contributed by atoms with Gasteiger partial charge < -0.3 is 5.11 Å². The van der Waals surface area contributed by atoms with Gasteiger partial charge in [-0.15, -0.1) is 23.7 Å². The van der Waals surface area contributed by atoms with Crippen LogP contribution in [0.25, 0.3) is 10.6 Å². The van der Waals surface area contributed by atoms with Gasteiger partial charge in [0.2, 0.25) is 0 Å². The molecule has 96 valence electrons. The molecule has 0 saturated heterocycles. The van der Waals surface area contributed by atoms with E-state index in [0.29, 0.717) is 5.69 Å². The number of carboxylic acid groups (broad SMARTS) is 1. The third-order valence-corrected chi connectivity index (χ3v) is 3.25. The van der Waals surface area contributed by atoms with Crippen molar-refractivity contribution in [2.75, 3.05) is 0 Å². The number of halogens is 1. The summed E-state index contributed by atoms with van der Waals surface area (Å²) in [6.45, 7) is 2.05. The SMILES string of the molecule is CCc1cc(-c2nc(CC(=O)O)cs2)ccn1.Cl. The normalized spacial score (nSPS) is 9.83. The number of aliphatic carboxylic acids is 1. The second-order valence-corrected chi connectivity index (χ2v) is 4.46. The fraction of sp³-hybridized carbons (Fsp3) is 0.250. The molecule has 0 saturated carbocycles. The van der Waals surface area contributed by atoms with Crippen molar-refractivity contribution in [1.82, 2.24) is 9.97 Å². The first-order chi connectivity index (χ1) is 8.19. The Kier molecular flexibility index (Phi) is 5.25. The Morgan fingerprint density at radius 2 is 2.22 bits per heavy atom. The lowest BCUT2D eigenvalue weighted by Gasteiger charge is -1.98. The van der Waals surface area contributed by atoms with Crippen molar-refractivity contribution in [2.24, 2.45) is 0 Å². The predicted molar refractivity (Wildman–Crippen MR) is 73.3 cm³/mol. The summed E-state index contributed by atoms with van der Waals surface area (Å²) in [6, 6.07) is 3.88. The molecule has 0 bridgehead atoms. The van der Waals surface area contributed by atoms with Crippen LogP contribution in [0.2, 0.25) is 0 Å². The van der Waals surface area contributed by atoms with Crippen LogP contribution in [0.5, 0.6) is 0 Å². The van der Waals surface area contributed by atoms with Crippen LogP contribution < -0.4 is 0 Å². The summed E-state index contributed by atoms with van der Waals surface area (Å²) < 4.78 is 0. The van der Waals surface area contributed by atoms with Crippen molar-refractivity contribution in [3.8, 4) is 10.6 Å². The van der Waals surface area contributed by atoms with Crippen LogP contribution in [0.4, 0.5) is 0 Å². The molecule has 0 fully saturated rings. The van der Waals surface area contributed by atoms with Crippen molar-refractivity contribution < 1.29 is 9.90 Å². The van der Waals surface area contributed by atoms with Crippen molar-refractivity contribution in [3.63, 3.8) is 0 Å². The molecule has 4 nitrogen and oxygen atoms in total. The molecule has 0 aliphatic carbocycles. The van der Waals surface area contributed by atoms with Crippen molar-refractivity contribution in [2.45, 2.75) is 19.8 Å². The number of rotatable bonds is 4. The van der Waals surface area contributed by atoms with Gasteiger partial charge >= 0.3 is 5.97 Å². The van der Waals surface area contributed by atoms with Crippen molar-refractivity contribution in [3.05, 3.63) is 35.1 Å². The Bertz CT molecular complexity index is 542. The molecule has 2 heterocycles. The van der Waals surface area contributed by atoms with Gasteiger partial charge in [-0.1, -0.05) is 6.92 Å². The van der Waals surface area contributed by atoms with Gasteiger partial charge in [0.25, 0.3) is 0 Å². The molecule has 0 aliphatic heterocycles. The van der Waals surface area contributed by atoms with Gasteiger partial charge in [-0.2, -0.15) is 0 Å². The number of carboxylic acids is 1. The minimum absolute atomic E-state index is 0. The van der Waals surface area contributed by atoms with Gasteiger partial charge in [-0.05, 0) is 18.6 Å². The van der Waals surface area contributed by atoms with Gasteiger partial charge in [0.05, 0.1) is 12.1 Å². The van der Waals surface area contributed by atoms with E-state index < -0.39 is 5.97 Å². The number of aromatic nitrogens is 2. The Morgan fingerprint density at radius 3 is 2.89 bits per heavy atom. The minimum Gasteiger partial charge on any atom is -0.481 e. The van der Waals surface area contributed by atoms with E-state index in [1.165, 1.54) is 11.3 Å². The molecule has 0 spiro atoms. The molecule has 0 amide bonds. The highest BCUT2D eigenvalue weighted by molar-refractivity contribution is 7.13. The Hall–Kier alpha value is -1.46. The molecule has 0 aromatic carbocycles. The molecular weight excluding hydrogens is 272 g/mol. The maximum absolute atomic E-state index is 10.6. The van der Waals surface area contributed by atoms with Gasteiger partial charge in [0.1, 0.15) is 5.01 Å². The molecule has 0 unspecified atom stereocenters. The second kappa shape index (κ2) is 6.47. The summed E-state index contributed by atoms with van der Waals surface area (Å²) in [6.07, 6.45) is 2.61. The van der Waals surface area contributed by atoms with Gasteiger partial charge in [-0.3, -0.25) is 9.78 Å². The first kappa shape index (κ1) is 14.6. The molecule has 2 aromatic heterocycles. The number of carbonyl (C=O) groups is 1. The molecule has 0 atom stereocenters. The number of nitrogens with zero attached hydrogens (tertiary/aromatic N) is 2. The van der Waals surface area contributed by atoms with E-state index in [2.05, 4.69) is 9.97 Å². The third kappa shape index (κ3) is 3.51. The third-order valence-electron chi connectivity index (χ3n) is 2.31. The molecule has 2 aromatic rings. The maximum Gasteiger partial charge on any atom is 0.309 e. The summed E-state index contributed by atoms with van der Waals surface area (Å²) in [7, 11) is 0. The monoisotopic (exact) mass is 284 g/mol. The highest BCUT2D eigenvalue weighted by Crippen LogP contribution is 2.24. The molecule has 2 rings (SSSR count). The second-order valence-electron chi connectivity index (χ2n) is 3.60. The van der Waals surface area contributed by atoms with Gasteiger partial charge in [0, 0.05) is 22.8 Å². The fourth-order valence-corrected chi connectivity index (χ4v) is 2.30. The molecular formula is C12H13ClN2O2S. The Balaban J connectivity index is 0.00000162. The van der Waals surface area contributed by atoms with Crippen LogP contribution >= 0.6 is 23.7 Å². The van der Waals surface area contributed by atoms with Gasteiger partial charge in [0.15, 0.2) is 0 Å². The Labute approximate surface area is 115 Å². The topological polar surface area (TPSA) is 63.1 Å². The smallest absolute Gasteiger partial charge is 0.309 e. The average Bonchev–Trinajstić information content (AvgIpc) is 2.77. The maximum atomic E-state index is 10.6. The van der Waals surface area contributed by atoms with E-state index in [9.17, 15) is 4.79 Å². The quantitative estimate of drug-likeness (QED) is 0.938. The molecule has 18 heavy (non-hydrogen) atoms. The summed E-state index contributed by atoms with van der Waals surface area (Å²) in [5.41, 5.74) is 2.61. The number of hydrogen-bond acceptors (Lipinski definition) is 4. The highest BCUT2D eigenvalue weighted by Gasteiger charge is 2.08. The number of thiazole rings is 1. The van der Waals surface area contributed by atoms with Crippen LogP contribution in [-0.2, 0) is 17.6 Å². The lowest BCUT2D eigenvalue weighted by molar-refractivity contribution is -0.136. The van der Waals surface area contributed by atoms with E-state index in [1.807, 2.05) is 19.1 Å². The van der Waals surface area contributed by atoms with Gasteiger partial charge in [-0.25, -0.2) is 4.98 Å². The molecule has 1 N–H and O–H groups in total. The Morgan fingerprint density at radius 1 is 1.44 bits per heavy atom.